The Kier molecular flexibility index (Phi) is 7.43. The third kappa shape index (κ3) is 4.96. The van der Waals surface area contributed by atoms with Gasteiger partial charge in [0.2, 0.25) is 0 Å². The van der Waals surface area contributed by atoms with Crippen molar-refractivity contribution in [3.8, 4) is 6.07 Å². The molecule has 0 aliphatic carbocycles. The van der Waals surface area contributed by atoms with Crippen LogP contribution >= 0.6 is 15.9 Å². The molecule has 2 aromatic rings. The van der Waals surface area contributed by atoms with Gasteiger partial charge in [-0.3, -0.25) is 4.90 Å². The Morgan fingerprint density at radius 1 is 1.04 bits per heavy atom. The summed E-state index contributed by atoms with van der Waals surface area (Å²) in [7, 11) is 2.17. The molecule has 2 aromatic carbocycles. The van der Waals surface area contributed by atoms with Gasteiger partial charge in [-0.1, -0.05) is 72.2 Å². The highest BCUT2D eigenvalue weighted by Gasteiger charge is 2.36. The van der Waals surface area contributed by atoms with E-state index in [1.807, 2.05) is 12.1 Å². The third-order valence-electron chi connectivity index (χ3n) is 5.53. The molecule has 3 heteroatoms. The first-order valence-electron chi connectivity index (χ1n) is 9.30. The van der Waals surface area contributed by atoms with Crippen LogP contribution in [0, 0.1) is 17.2 Å². The first-order valence-corrected chi connectivity index (χ1v) is 10.1. The number of hydrogen-bond acceptors (Lipinski definition) is 2. The van der Waals surface area contributed by atoms with E-state index >= 15 is 0 Å². The molecule has 0 saturated heterocycles. The molecular formula is C23H29BrN2. The Balaban J connectivity index is 2.09. The van der Waals surface area contributed by atoms with E-state index in [1.165, 1.54) is 5.56 Å². The van der Waals surface area contributed by atoms with Gasteiger partial charge in [0.1, 0.15) is 0 Å². The predicted molar refractivity (Wildman–Crippen MR) is 113 cm³/mol. The molecule has 0 saturated carbocycles. The minimum absolute atomic E-state index is 0.264. The molecule has 2 atom stereocenters. The number of benzene rings is 2. The van der Waals surface area contributed by atoms with Crippen LogP contribution in [-0.2, 0) is 12.0 Å². The highest BCUT2D eigenvalue weighted by Crippen LogP contribution is 2.37. The lowest BCUT2D eigenvalue weighted by atomic mass is 9.69. The first-order chi connectivity index (χ1) is 12.4. The Labute approximate surface area is 167 Å². The third-order valence-corrected chi connectivity index (χ3v) is 6.06. The van der Waals surface area contributed by atoms with Gasteiger partial charge in [0, 0.05) is 17.1 Å². The van der Waals surface area contributed by atoms with Gasteiger partial charge in [0.15, 0.2) is 0 Å². The summed E-state index contributed by atoms with van der Waals surface area (Å²) in [4.78, 5) is 2.37. The lowest BCUT2D eigenvalue weighted by Crippen LogP contribution is -2.35. The van der Waals surface area contributed by atoms with Crippen LogP contribution in [0.1, 0.15) is 44.7 Å². The summed E-state index contributed by atoms with van der Waals surface area (Å²) in [5.41, 5.74) is 2.00. The normalized spacial score (nSPS) is 14.8. The lowest BCUT2D eigenvalue weighted by Gasteiger charge is -2.34. The fourth-order valence-corrected chi connectivity index (χ4v) is 3.71. The molecule has 0 aliphatic heterocycles. The zero-order valence-electron chi connectivity index (χ0n) is 16.2. The summed E-state index contributed by atoms with van der Waals surface area (Å²) in [5, 5.41) is 10.1. The van der Waals surface area contributed by atoms with Crippen LogP contribution in [0.5, 0.6) is 0 Å². The molecule has 0 spiro atoms. The van der Waals surface area contributed by atoms with Crippen LogP contribution in [-0.4, -0.2) is 18.0 Å². The molecule has 0 amide bonds. The van der Waals surface area contributed by atoms with Crippen LogP contribution in [0.15, 0.2) is 59.1 Å². The van der Waals surface area contributed by atoms with Crippen molar-refractivity contribution in [3.05, 3.63) is 70.2 Å². The van der Waals surface area contributed by atoms with Crippen molar-refractivity contribution in [2.75, 3.05) is 7.05 Å². The molecule has 0 bridgehead atoms. The summed E-state index contributed by atoms with van der Waals surface area (Å²) < 4.78 is 1.05. The molecule has 0 fully saturated rings. The number of rotatable bonds is 8. The summed E-state index contributed by atoms with van der Waals surface area (Å²) in [6.07, 6.45) is 1.86. The molecule has 0 radical (unpaired) electrons. The molecule has 2 unspecified atom stereocenters. The number of nitrogens with zero attached hydrogens (tertiary/aromatic N) is 2. The van der Waals surface area contributed by atoms with Gasteiger partial charge in [-0.05, 0) is 56.0 Å². The fourth-order valence-electron chi connectivity index (χ4n) is 3.45. The second-order valence-electron chi connectivity index (χ2n) is 7.53. The maximum atomic E-state index is 10.1. The minimum atomic E-state index is -0.442. The van der Waals surface area contributed by atoms with Gasteiger partial charge in [-0.25, -0.2) is 0 Å². The smallest absolute Gasteiger partial charge is 0.0845 e. The standard InChI is InChI=1S/C23H29BrN2/c1-18(2)23(17-25,21-10-12-22(24)13-11-21)15-14-19(3)26(4)16-20-8-6-5-7-9-20/h5-13,18-19H,14-16H2,1-4H3. The van der Waals surface area contributed by atoms with E-state index in [2.05, 4.69) is 97.2 Å². The van der Waals surface area contributed by atoms with Crippen LogP contribution in [0.3, 0.4) is 0 Å². The summed E-state index contributed by atoms with van der Waals surface area (Å²) >= 11 is 3.49. The quantitative estimate of drug-likeness (QED) is 0.518. The number of nitriles is 1. The van der Waals surface area contributed by atoms with Gasteiger partial charge >= 0.3 is 0 Å². The average Bonchev–Trinajstić information content (AvgIpc) is 2.64. The molecular weight excluding hydrogens is 384 g/mol. The first kappa shape index (κ1) is 20.7. The zero-order chi connectivity index (χ0) is 19.2. The van der Waals surface area contributed by atoms with Gasteiger partial charge in [-0.15, -0.1) is 0 Å². The molecule has 2 nitrogen and oxygen atoms in total. The second kappa shape index (κ2) is 9.35. The van der Waals surface area contributed by atoms with Gasteiger partial charge in [-0.2, -0.15) is 5.26 Å². The van der Waals surface area contributed by atoms with Crippen molar-refractivity contribution in [1.29, 1.82) is 5.26 Å². The maximum absolute atomic E-state index is 10.1. The molecule has 0 aromatic heterocycles. The topological polar surface area (TPSA) is 27.0 Å². The average molecular weight is 413 g/mol. The molecule has 0 N–H and O–H groups in total. The molecule has 138 valence electrons. The van der Waals surface area contributed by atoms with E-state index in [9.17, 15) is 5.26 Å². The molecule has 2 rings (SSSR count). The van der Waals surface area contributed by atoms with E-state index in [1.54, 1.807) is 0 Å². The van der Waals surface area contributed by atoms with Crippen LogP contribution in [0.4, 0.5) is 0 Å². The van der Waals surface area contributed by atoms with Crippen LogP contribution in [0.2, 0.25) is 0 Å². The van der Waals surface area contributed by atoms with E-state index in [-0.39, 0.29) is 5.92 Å². The minimum Gasteiger partial charge on any atom is -0.299 e. The summed E-state index contributed by atoms with van der Waals surface area (Å²) in [6, 6.07) is 21.9. The lowest BCUT2D eigenvalue weighted by molar-refractivity contribution is 0.216. The fraction of sp³-hybridized carbons (Fsp3) is 0.435. The summed E-state index contributed by atoms with van der Waals surface area (Å²) in [6.45, 7) is 7.50. The van der Waals surface area contributed by atoms with E-state index < -0.39 is 5.41 Å². The Hall–Kier alpha value is -1.63. The van der Waals surface area contributed by atoms with Crippen molar-refractivity contribution in [3.63, 3.8) is 0 Å². The predicted octanol–water partition coefficient (Wildman–Crippen LogP) is 6.17. The number of hydrogen-bond donors (Lipinski definition) is 0. The molecule has 26 heavy (non-hydrogen) atoms. The highest BCUT2D eigenvalue weighted by atomic mass is 79.9. The molecule has 0 aliphatic rings. The van der Waals surface area contributed by atoms with Crippen molar-refractivity contribution in [2.24, 2.45) is 5.92 Å². The largest absolute Gasteiger partial charge is 0.299 e. The SMILES string of the molecule is CC(CCC(C#N)(c1ccc(Br)cc1)C(C)C)N(C)Cc1ccccc1. The van der Waals surface area contributed by atoms with Crippen molar-refractivity contribution < 1.29 is 0 Å². The zero-order valence-corrected chi connectivity index (χ0v) is 17.8. The Morgan fingerprint density at radius 2 is 1.65 bits per heavy atom. The summed E-state index contributed by atoms with van der Waals surface area (Å²) in [5.74, 6) is 0.264. The number of halogens is 1. The monoisotopic (exact) mass is 412 g/mol. The maximum Gasteiger partial charge on any atom is 0.0845 e. The van der Waals surface area contributed by atoms with Gasteiger partial charge in [0.25, 0.3) is 0 Å². The van der Waals surface area contributed by atoms with Gasteiger partial charge in [0.05, 0.1) is 11.5 Å². The van der Waals surface area contributed by atoms with E-state index in [4.69, 9.17) is 0 Å². The van der Waals surface area contributed by atoms with Crippen molar-refractivity contribution >= 4 is 15.9 Å². The van der Waals surface area contributed by atoms with Crippen LogP contribution < -0.4 is 0 Å². The van der Waals surface area contributed by atoms with Crippen LogP contribution in [0.25, 0.3) is 0 Å². The Bertz CT molecular complexity index is 718. The second-order valence-corrected chi connectivity index (χ2v) is 8.45. The van der Waals surface area contributed by atoms with E-state index in [0.29, 0.717) is 6.04 Å². The highest BCUT2D eigenvalue weighted by molar-refractivity contribution is 9.10. The van der Waals surface area contributed by atoms with E-state index in [0.717, 1.165) is 29.4 Å². The molecule has 0 heterocycles. The Morgan fingerprint density at radius 3 is 2.19 bits per heavy atom. The van der Waals surface area contributed by atoms with Crippen molar-refractivity contribution in [2.45, 2.75) is 51.6 Å². The van der Waals surface area contributed by atoms with Gasteiger partial charge < -0.3 is 0 Å². The van der Waals surface area contributed by atoms with Crippen molar-refractivity contribution in [1.82, 2.24) is 4.90 Å².